The van der Waals surface area contributed by atoms with E-state index in [-0.39, 0.29) is 23.6 Å². The molecule has 1 aromatic rings. The van der Waals surface area contributed by atoms with Crippen molar-refractivity contribution in [2.24, 2.45) is 5.92 Å². The molecule has 90 valence electrons. The molecule has 3 rings (SSSR count). The molecule has 0 aliphatic carbocycles. The van der Waals surface area contributed by atoms with Gasteiger partial charge in [-0.1, -0.05) is 6.92 Å². The lowest BCUT2D eigenvalue weighted by Gasteiger charge is -2.34. The van der Waals surface area contributed by atoms with Crippen molar-refractivity contribution in [3.8, 4) is 0 Å². The van der Waals surface area contributed by atoms with E-state index in [1.807, 2.05) is 6.92 Å². The van der Waals surface area contributed by atoms with E-state index in [2.05, 4.69) is 5.32 Å². The van der Waals surface area contributed by atoms with Gasteiger partial charge in [0.2, 0.25) is 5.91 Å². The van der Waals surface area contributed by atoms with Crippen LogP contribution in [0.15, 0.2) is 12.1 Å². The van der Waals surface area contributed by atoms with Crippen LogP contribution in [0.5, 0.6) is 0 Å². The smallest absolute Gasteiger partial charge is 0.247 e. The molecule has 0 spiro atoms. The summed E-state index contributed by atoms with van der Waals surface area (Å²) in [5.74, 6) is -1.72. The highest BCUT2D eigenvalue weighted by Gasteiger charge is 2.42. The third-order valence-corrected chi connectivity index (χ3v) is 3.58. The number of fused-ring (bicyclic) bond motifs is 3. The number of anilines is 2. The normalized spacial score (nSPS) is 26.5. The molecule has 1 saturated heterocycles. The zero-order chi connectivity index (χ0) is 12.2. The maximum absolute atomic E-state index is 13.8. The molecule has 0 radical (unpaired) electrons. The van der Waals surface area contributed by atoms with E-state index >= 15 is 0 Å². The lowest BCUT2D eigenvalue weighted by atomic mass is 10.00. The minimum absolute atomic E-state index is 0.131. The Balaban J connectivity index is 2.17. The number of halogens is 2. The summed E-state index contributed by atoms with van der Waals surface area (Å²) in [5.41, 5.74) is 0.554. The Morgan fingerprint density at radius 2 is 2.18 bits per heavy atom. The predicted octanol–water partition coefficient (Wildman–Crippen LogP) is 2.13. The van der Waals surface area contributed by atoms with E-state index in [0.29, 0.717) is 12.2 Å². The molecule has 2 heterocycles. The van der Waals surface area contributed by atoms with E-state index in [9.17, 15) is 13.6 Å². The van der Waals surface area contributed by atoms with Gasteiger partial charge in [0.15, 0.2) is 11.6 Å². The molecule has 0 aromatic heterocycles. The van der Waals surface area contributed by atoms with Crippen molar-refractivity contribution in [2.45, 2.75) is 19.4 Å². The summed E-state index contributed by atoms with van der Waals surface area (Å²) < 4.78 is 27.1. The Labute approximate surface area is 97.4 Å². The number of nitrogens with one attached hydrogen (secondary N) is 1. The van der Waals surface area contributed by atoms with Crippen LogP contribution in [0, 0.1) is 17.6 Å². The molecule has 1 aromatic carbocycles. The summed E-state index contributed by atoms with van der Waals surface area (Å²) in [6.45, 7) is 2.54. The Hall–Kier alpha value is -1.65. The summed E-state index contributed by atoms with van der Waals surface area (Å²) in [4.78, 5) is 13.6. The lowest BCUT2D eigenvalue weighted by molar-refractivity contribution is -0.118. The molecule has 0 bridgehead atoms. The highest BCUT2D eigenvalue weighted by molar-refractivity contribution is 6.04. The number of amides is 1. The molecule has 2 aliphatic rings. The number of rotatable bonds is 0. The second-order valence-corrected chi connectivity index (χ2v) is 4.65. The van der Waals surface area contributed by atoms with Gasteiger partial charge in [-0.05, 0) is 24.5 Å². The van der Waals surface area contributed by atoms with Gasteiger partial charge >= 0.3 is 0 Å². The molecule has 1 amide bonds. The van der Waals surface area contributed by atoms with Crippen LogP contribution >= 0.6 is 0 Å². The zero-order valence-corrected chi connectivity index (χ0v) is 9.34. The SMILES string of the molecule is CC1CCN2c3c(ccc(F)c3F)NC(=O)C12. The van der Waals surface area contributed by atoms with Crippen molar-refractivity contribution >= 4 is 17.3 Å². The fraction of sp³-hybridized carbons (Fsp3) is 0.417. The van der Waals surface area contributed by atoms with Crippen molar-refractivity contribution < 1.29 is 13.6 Å². The predicted molar refractivity (Wildman–Crippen MR) is 59.9 cm³/mol. The molecule has 3 nitrogen and oxygen atoms in total. The van der Waals surface area contributed by atoms with Gasteiger partial charge in [-0.2, -0.15) is 0 Å². The first kappa shape index (κ1) is 10.5. The van der Waals surface area contributed by atoms with Gasteiger partial charge in [0.1, 0.15) is 11.7 Å². The fourth-order valence-corrected chi connectivity index (χ4v) is 2.73. The Bertz CT molecular complexity index is 504. The number of carbonyl (C=O) groups excluding carboxylic acids is 1. The first-order valence-electron chi connectivity index (χ1n) is 5.65. The Morgan fingerprint density at radius 1 is 1.41 bits per heavy atom. The Morgan fingerprint density at radius 3 is 2.94 bits per heavy atom. The highest BCUT2D eigenvalue weighted by Crippen LogP contribution is 2.41. The summed E-state index contributed by atoms with van der Waals surface area (Å²) in [6.07, 6.45) is 0.813. The number of hydrogen-bond donors (Lipinski definition) is 1. The average molecular weight is 238 g/mol. The number of nitrogens with zero attached hydrogens (tertiary/aromatic N) is 1. The van der Waals surface area contributed by atoms with Gasteiger partial charge in [-0.3, -0.25) is 4.79 Å². The van der Waals surface area contributed by atoms with Gasteiger partial charge in [0.25, 0.3) is 0 Å². The third-order valence-electron chi connectivity index (χ3n) is 3.58. The molecule has 2 aliphatic heterocycles. The van der Waals surface area contributed by atoms with Gasteiger partial charge in [-0.25, -0.2) is 8.78 Å². The molecule has 2 atom stereocenters. The summed E-state index contributed by atoms with van der Waals surface area (Å²) >= 11 is 0. The van der Waals surface area contributed by atoms with E-state index < -0.39 is 11.6 Å². The van der Waals surface area contributed by atoms with E-state index in [0.717, 1.165) is 12.5 Å². The summed E-state index contributed by atoms with van der Waals surface area (Å²) in [5, 5.41) is 2.64. The van der Waals surface area contributed by atoms with Crippen LogP contribution in [0.4, 0.5) is 20.2 Å². The van der Waals surface area contributed by atoms with Crippen LogP contribution in [0.2, 0.25) is 0 Å². The van der Waals surface area contributed by atoms with Crippen molar-refractivity contribution in [3.05, 3.63) is 23.8 Å². The molecule has 2 unspecified atom stereocenters. The highest BCUT2D eigenvalue weighted by atomic mass is 19.2. The quantitative estimate of drug-likeness (QED) is 0.751. The number of carbonyl (C=O) groups is 1. The molecular formula is C12H12F2N2O. The minimum Gasteiger partial charge on any atom is -0.355 e. The van der Waals surface area contributed by atoms with Crippen LogP contribution in [-0.4, -0.2) is 18.5 Å². The first-order valence-corrected chi connectivity index (χ1v) is 5.65. The summed E-state index contributed by atoms with van der Waals surface area (Å²) in [7, 11) is 0. The van der Waals surface area contributed by atoms with E-state index in [1.165, 1.54) is 6.07 Å². The molecular weight excluding hydrogens is 226 g/mol. The topological polar surface area (TPSA) is 32.3 Å². The van der Waals surface area contributed by atoms with Crippen molar-refractivity contribution in [3.63, 3.8) is 0 Å². The van der Waals surface area contributed by atoms with E-state index in [4.69, 9.17) is 0 Å². The standard InChI is InChI=1S/C12H12F2N2O/c1-6-4-5-16-10(6)12(17)15-8-3-2-7(13)9(14)11(8)16/h2-3,6,10H,4-5H2,1H3,(H,15,17). The van der Waals surface area contributed by atoms with Crippen LogP contribution < -0.4 is 10.2 Å². The minimum atomic E-state index is -0.877. The van der Waals surface area contributed by atoms with E-state index in [1.54, 1.807) is 4.90 Å². The largest absolute Gasteiger partial charge is 0.355 e. The van der Waals surface area contributed by atoms with Crippen LogP contribution in [0.3, 0.4) is 0 Å². The second kappa shape index (κ2) is 3.42. The maximum Gasteiger partial charge on any atom is 0.247 e. The number of benzene rings is 1. The van der Waals surface area contributed by atoms with Crippen molar-refractivity contribution in [2.75, 3.05) is 16.8 Å². The number of hydrogen-bond acceptors (Lipinski definition) is 2. The molecule has 17 heavy (non-hydrogen) atoms. The zero-order valence-electron chi connectivity index (χ0n) is 9.34. The summed E-state index contributed by atoms with van der Waals surface area (Å²) in [6, 6.07) is 2.07. The van der Waals surface area contributed by atoms with Gasteiger partial charge in [-0.15, -0.1) is 0 Å². The molecule has 1 N–H and O–H groups in total. The molecule has 5 heteroatoms. The van der Waals surface area contributed by atoms with Crippen LogP contribution in [0.1, 0.15) is 13.3 Å². The monoisotopic (exact) mass is 238 g/mol. The molecule has 0 saturated carbocycles. The average Bonchev–Trinajstić information content (AvgIpc) is 2.67. The van der Waals surface area contributed by atoms with Crippen LogP contribution in [0.25, 0.3) is 0 Å². The molecule has 1 fully saturated rings. The lowest BCUT2D eigenvalue weighted by Crippen LogP contribution is -2.46. The van der Waals surface area contributed by atoms with Gasteiger partial charge in [0.05, 0.1) is 5.69 Å². The van der Waals surface area contributed by atoms with Gasteiger partial charge < -0.3 is 10.2 Å². The second-order valence-electron chi connectivity index (χ2n) is 4.65. The van der Waals surface area contributed by atoms with Gasteiger partial charge in [0, 0.05) is 6.54 Å². The van der Waals surface area contributed by atoms with Crippen molar-refractivity contribution in [1.29, 1.82) is 0 Å². The Kier molecular flexibility index (Phi) is 2.11. The van der Waals surface area contributed by atoms with Crippen molar-refractivity contribution in [1.82, 2.24) is 0 Å². The third kappa shape index (κ3) is 1.34. The fourth-order valence-electron chi connectivity index (χ4n) is 2.73. The first-order chi connectivity index (χ1) is 8.09. The van der Waals surface area contributed by atoms with Crippen LogP contribution in [-0.2, 0) is 4.79 Å². The maximum atomic E-state index is 13.8.